The summed E-state index contributed by atoms with van der Waals surface area (Å²) < 4.78 is 14.2. The fourth-order valence-corrected chi connectivity index (χ4v) is 8.62. The predicted octanol–water partition coefficient (Wildman–Crippen LogP) is 4.83. The number of nitrogens with two attached hydrogens (primary N) is 1. The first-order valence-electron chi connectivity index (χ1n) is 12.1. The second kappa shape index (κ2) is 6.32. The molecule has 2 aliphatic heterocycles. The third-order valence-corrected chi connectivity index (χ3v) is 14.5. The fraction of sp³-hybridized carbons (Fsp3) is 0.840. The van der Waals surface area contributed by atoms with E-state index in [1.54, 1.807) is 0 Å². The summed E-state index contributed by atoms with van der Waals surface area (Å²) in [5.74, 6) is 0.517. The van der Waals surface area contributed by atoms with Gasteiger partial charge in [-0.3, -0.25) is 0 Å². The van der Waals surface area contributed by atoms with Crippen LogP contribution in [0.25, 0.3) is 0 Å². The van der Waals surface area contributed by atoms with Crippen LogP contribution < -0.4 is 5.73 Å². The normalized spacial score (nSPS) is 47.9. The largest absolute Gasteiger partial charge is 0.413 e. The molecule has 3 N–H and O–H groups in total. The zero-order chi connectivity index (χ0) is 21.7. The van der Waals surface area contributed by atoms with E-state index in [-0.39, 0.29) is 27.7 Å². The van der Waals surface area contributed by atoms with Crippen molar-refractivity contribution >= 4 is 8.32 Å². The van der Waals surface area contributed by atoms with Crippen molar-refractivity contribution in [2.45, 2.75) is 120 Å². The van der Waals surface area contributed by atoms with Gasteiger partial charge in [-0.1, -0.05) is 33.8 Å². The van der Waals surface area contributed by atoms with Crippen LogP contribution in [-0.2, 0) is 9.16 Å². The molecule has 0 aromatic carbocycles. The Kier molecular flexibility index (Phi) is 4.50. The van der Waals surface area contributed by atoms with Gasteiger partial charge in [0, 0.05) is 6.04 Å². The van der Waals surface area contributed by atoms with Crippen molar-refractivity contribution in [1.29, 1.82) is 0 Å². The summed E-state index contributed by atoms with van der Waals surface area (Å²) in [6, 6.07) is -0.230. The number of aliphatic hydroxyl groups is 1. The Morgan fingerprint density at radius 1 is 1.20 bits per heavy atom. The topological polar surface area (TPSA) is 64.7 Å². The highest BCUT2D eigenvalue weighted by Crippen LogP contribution is 2.68. The van der Waals surface area contributed by atoms with Gasteiger partial charge in [0.1, 0.15) is 0 Å². The Balaban J connectivity index is 1.49. The predicted molar refractivity (Wildman–Crippen MR) is 123 cm³/mol. The molecule has 2 bridgehead atoms. The molecular formula is C25H41NO3Si. The first-order valence-corrected chi connectivity index (χ1v) is 15.0. The lowest BCUT2D eigenvalue weighted by Crippen LogP contribution is -2.58. The summed E-state index contributed by atoms with van der Waals surface area (Å²) in [4.78, 5) is 0. The molecule has 168 valence electrons. The van der Waals surface area contributed by atoms with E-state index in [4.69, 9.17) is 14.9 Å². The van der Waals surface area contributed by atoms with Crippen molar-refractivity contribution in [3.63, 3.8) is 0 Å². The van der Waals surface area contributed by atoms with Gasteiger partial charge in [0.05, 0.1) is 23.4 Å². The van der Waals surface area contributed by atoms with Gasteiger partial charge in [0.15, 0.2) is 8.32 Å². The molecular weight excluding hydrogens is 390 g/mol. The molecule has 30 heavy (non-hydrogen) atoms. The van der Waals surface area contributed by atoms with Gasteiger partial charge in [0.25, 0.3) is 0 Å². The molecule has 2 spiro atoms. The minimum atomic E-state index is -1.82. The van der Waals surface area contributed by atoms with Gasteiger partial charge >= 0.3 is 0 Å². The van der Waals surface area contributed by atoms with Crippen LogP contribution in [0.4, 0.5) is 0 Å². The first-order chi connectivity index (χ1) is 13.8. The maximum absolute atomic E-state index is 10.3. The van der Waals surface area contributed by atoms with Crippen LogP contribution >= 0.6 is 0 Å². The quantitative estimate of drug-likeness (QED) is 0.615. The van der Waals surface area contributed by atoms with E-state index < -0.39 is 14.4 Å². The van der Waals surface area contributed by atoms with E-state index in [1.807, 2.05) is 6.08 Å². The van der Waals surface area contributed by atoms with Crippen molar-refractivity contribution in [3.8, 4) is 0 Å². The number of aliphatic hydroxyl groups excluding tert-OH is 1. The van der Waals surface area contributed by atoms with Crippen LogP contribution in [0.3, 0.4) is 0 Å². The molecule has 2 saturated carbocycles. The maximum atomic E-state index is 10.3. The van der Waals surface area contributed by atoms with Crippen LogP contribution in [0.15, 0.2) is 23.3 Å². The van der Waals surface area contributed by atoms with Crippen molar-refractivity contribution in [1.82, 2.24) is 0 Å². The lowest BCUT2D eigenvalue weighted by molar-refractivity contribution is -0.152. The van der Waals surface area contributed by atoms with Crippen LogP contribution in [0.2, 0.25) is 18.1 Å². The van der Waals surface area contributed by atoms with Crippen molar-refractivity contribution in [2.75, 3.05) is 0 Å². The van der Waals surface area contributed by atoms with E-state index in [9.17, 15) is 5.11 Å². The van der Waals surface area contributed by atoms with E-state index in [1.165, 1.54) is 24.0 Å². The average molecular weight is 432 g/mol. The molecule has 0 amide bonds. The second-order valence-corrected chi connectivity index (χ2v) is 17.4. The second-order valence-electron chi connectivity index (χ2n) is 12.6. The molecule has 5 heteroatoms. The smallest absolute Gasteiger partial charge is 0.192 e. The van der Waals surface area contributed by atoms with Crippen LogP contribution in [-0.4, -0.2) is 42.9 Å². The van der Waals surface area contributed by atoms with E-state index in [0.717, 1.165) is 32.1 Å². The maximum Gasteiger partial charge on any atom is 0.192 e. The zero-order valence-corrected chi connectivity index (χ0v) is 20.8. The fourth-order valence-electron chi connectivity index (χ4n) is 7.17. The summed E-state index contributed by atoms with van der Waals surface area (Å²) >= 11 is 0. The minimum absolute atomic E-state index is 0.141. The number of hydrogen-bond acceptors (Lipinski definition) is 4. The molecule has 3 aliphatic carbocycles. The first kappa shape index (κ1) is 21.4. The standard InChI is InChI=1S/C25H41NO3Si/c1-22(2,3)30(5,6)28-21-8-7-20-23(21,4)10-9-16-13-17-14-19(27)18(26)15-24(17)11-12-25(16,20)29-24/h13-14,18-21,27H,7-12,15,26H2,1-6H3/t18-,19-,20+,21-,23-,24+,25+/m0/s1. The minimum Gasteiger partial charge on any atom is -0.413 e. The highest BCUT2D eigenvalue weighted by molar-refractivity contribution is 6.74. The lowest BCUT2D eigenvalue weighted by Gasteiger charge is -2.56. The van der Waals surface area contributed by atoms with Crippen LogP contribution in [0.1, 0.15) is 72.6 Å². The number of rotatable bonds is 2. The third kappa shape index (κ3) is 2.71. The Labute approximate surface area is 183 Å². The molecule has 3 fully saturated rings. The highest BCUT2D eigenvalue weighted by Gasteiger charge is 2.67. The van der Waals surface area contributed by atoms with Gasteiger partial charge < -0.3 is 20.0 Å². The third-order valence-electron chi connectivity index (χ3n) is 10.0. The Hall–Kier alpha value is -0.463. The van der Waals surface area contributed by atoms with Crippen LogP contribution in [0.5, 0.6) is 0 Å². The Morgan fingerprint density at radius 3 is 2.63 bits per heavy atom. The molecule has 2 heterocycles. The molecule has 0 aromatic heterocycles. The van der Waals surface area contributed by atoms with E-state index >= 15 is 0 Å². The van der Waals surface area contributed by atoms with Gasteiger partial charge in [-0.15, -0.1) is 0 Å². The molecule has 0 aromatic rings. The van der Waals surface area contributed by atoms with E-state index in [0.29, 0.717) is 12.0 Å². The van der Waals surface area contributed by atoms with Crippen molar-refractivity contribution in [2.24, 2.45) is 17.1 Å². The summed E-state index contributed by atoms with van der Waals surface area (Å²) in [5, 5.41) is 10.6. The van der Waals surface area contributed by atoms with Gasteiger partial charge in [-0.2, -0.15) is 0 Å². The van der Waals surface area contributed by atoms with Gasteiger partial charge in [-0.05, 0) is 91.6 Å². The molecule has 1 saturated heterocycles. The number of ether oxygens (including phenoxy) is 1. The average Bonchev–Trinajstić information content (AvgIpc) is 3.12. The molecule has 0 unspecified atom stereocenters. The van der Waals surface area contributed by atoms with Crippen LogP contribution in [0, 0.1) is 11.3 Å². The summed E-state index contributed by atoms with van der Waals surface area (Å²) in [6.45, 7) is 14.3. The number of fused-ring (bicyclic) bond motifs is 1. The summed E-state index contributed by atoms with van der Waals surface area (Å²) in [5.41, 5.74) is 8.70. The van der Waals surface area contributed by atoms with Gasteiger partial charge in [0.2, 0.25) is 0 Å². The monoisotopic (exact) mass is 431 g/mol. The Bertz CT molecular complexity index is 814. The summed E-state index contributed by atoms with van der Waals surface area (Å²) in [6.07, 6.45) is 11.6. The van der Waals surface area contributed by atoms with Gasteiger partial charge in [-0.25, -0.2) is 0 Å². The SMILES string of the molecule is CC(C)(C)[Si](C)(C)O[C@H]1CC[C@@H]2[C@]1(C)CCC1=CC3=C[C@H](O)[C@@H](N)C[C@]34CC[C@@]12O4. The molecule has 5 rings (SSSR count). The number of hydrogen-bond donors (Lipinski definition) is 2. The highest BCUT2D eigenvalue weighted by atomic mass is 28.4. The lowest BCUT2D eigenvalue weighted by atomic mass is 9.58. The van der Waals surface area contributed by atoms with Crippen molar-refractivity contribution in [3.05, 3.63) is 23.3 Å². The zero-order valence-electron chi connectivity index (χ0n) is 19.8. The summed E-state index contributed by atoms with van der Waals surface area (Å²) in [7, 11) is -1.82. The Morgan fingerprint density at radius 2 is 1.93 bits per heavy atom. The molecule has 4 nitrogen and oxygen atoms in total. The molecule has 0 radical (unpaired) electrons. The van der Waals surface area contributed by atoms with Crippen molar-refractivity contribution < 1.29 is 14.3 Å². The van der Waals surface area contributed by atoms with E-state index in [2.05, 4.69) is 46.9 Å². The molecule has 7 atom stereocenters. The molecule has 5 aliphatic rings.